The zero-order valence-electron chi connectivity index (χ0n) is 10.2. The Morgan fingerprint density at radius 2 is 2.32 bits per heavy atom. The first-order chi connectivity index (χ1) is 9.16. The van der Waals surface area contributed by atoms with E-state index in [0.29, 0.717) is 11.6 Å². The Morgan fingerprint density at radius 3 is 3.05 bits per heavy atom. The lowest BCUT2D eigenvalue weighted by atomic mass is 10.2. The van der Waals surface area contributed by atoms with Crippen LogP contribution in [-0.2, 0) is 6.54 Å². The maximum atomic E-state index is 11.8. The van der Waals surface area contributed by atoms with Crippen LogP contribution in [0, 0.1) is 0 Å². The third-order valence-electron chi connectivity index (χ3n) is 2.61. The van der Waals surface area contributed by atoms with Crippen molar-refractivity contribution in [3.63, 3.8) is 0 Å². The number of benzene rings is 1. The summed E-state index contributed by atoms with van der Waals surface area (Å²) < 4.78 is 1.79. The third-order valence-corrected chi connectivity index (χ3v) is 2.85. The second-order valence-corrected chi connectivity index (χ2v) is 4.48. The first-order valence-electron chi connectivity index (χ1n) is 5.91. The summed E-state index contributed by atoms with van der Waals surface area (Å²) in [5.74, 6) is -0.408. The molecule has 1 aromatic carbocycles. The van der Waals surface area contributed by atoms with Gasteiger partial charge in [-0.3, -0.25) is 9.48 Å². The van der Waals surface area contributed by atoms with Crippen LogP contribution in [0.15, 0.2) is 36.7 Å². The number of nitrogens with one attached hydrogen (secondary N) is 1. The number of carbonyl (C=O) groups excluding carboxylic acids is 1. The molecule has 0 saturated heterocycles. The molecule has 2 N–H and O–H groups in total. The van der Waals surface area contributed by atoms with Gasteiger partial charge in [-0.1, -0.05) is 11.6 Å². The molecular weight excluding hydrogens is 266 g/mol. The van der Waals surface area contributed by atoms with Crippen LogP contribution in [0.1, 0.15) is 16.8 Å². The number of hydrogen-bond acceptors (Lipinski definition) is 3. The van der Waals surface area contributed by atoms with Gasteiger partial charge in [0.1, 0.15) is 5.75 Å². The van der Waals surface area contributed by atoms with Crippen molar-refractivity contribution in [3.8, 4) is 5.75 Å². The van der Waals surface area contributed by atoms with E-state index in [9.17, 15) is 9.90 Å². The van der Waals surface area contributed by atoms with Crippen molar-refractivity contribution in [1.29, 1.82) is 0 Å². The fourth-order valence-electron chi connectivity index (χ4n) is 1.66. The standard InChI is InChI=1S/C13H14ClN3O2/c14-10-3-4-12(18)11(9-10)13(19)15-5-1-7-17-8-2-6-16-17/h2-4,6,8-9,18H,1,5,7H2,(H,15,19). The molecule has 0 spiro atoms. The number of phenolic OH excluding ortho intramolecular Hbond substituents is 1. The van der Waals surface area contributed by atoms with Gasteiger partial charge in [-0.25, -0.2) is 0 Å². The zero-order chi connectivity index (χ0) is 13.7. The highest BCUT2D eigenvalue weighted by atomic mass is 35.5. The fourth-order valence-corrected chi connectivity index (χ4v) is 1.83. The van der Waals surface area contributed by atoms with Gasteiger partial charge < -0.3 is 10.4 Å². The minimum absolute atomic E-state index is 0.0750. The molecule has 0 saturated carbocycles. The van der Waals surface area contributed by atoms with E-state index in [2.05, 4.69) is 10.4 Å². The monoisotopic (exact) mass is 279 g/mol. The van der Waals surface area contributed by atoms with Crippen LogP contribution in [0.3, 0.4) is 0 Å². The van der Waals surface area contributed by atoms with Gasteiger partial charge >= 0.3 is 0 Å². The molecule has 19 heavy (non-hydrogen) atoms. The number of aryl methyl sites for hydroxylation is 1. The normalized spacial score (nSPS) is 10.4. The van der Waals surface area contributed by atoms with Gasteiger partial charge in [0.05, 0.1) is 5.56 Å². The van der Waals surface area contributed by atoms with E-state index in [-0.39, 0.29) is 17.2 Å². The predicted octanol–water partition coefficient (Wildman–Crippen LogP) is 2.06. The first kappa shape index (κ1) is 13.4. The zero-order valence-corrected chi connectivity index (χ0v) is 11.0. The SMILES string of the molecule is O=C(NCCCn1cccn1)c1cc(Cl)ccc1O. The maximum absolute atomic E-state index is 11.8. The van der Waals surface area contributed by atoms with Crippen molar-refractivity contribution >= 4 is 17.5 Å². The molecule has 0 aliphatic heterocycles. The number of carbonyl (C=O) groups is 1. The Hall–Kier alpha value is -2.01. The average Bonchev–Trinajstić information content (AvgIpc) is 2.90. The lowest BCUT2D eigenvalue weighted by Gasteiger charge is -2.07. The maximum Gasteiger partial charge on any atom is 0.255 e. The molecule has 1 aromatic heterocycles. The topological polar surface area (TPSA) is 67.2 Å². The number of aromatic nitrogens is 2. The molecule has 0 bridgehead atoms. The molecule has 6 heteroatoms. The molecule has 0 unspecified atom stereocenters. The smallest absolute Gasteiger partial charge is 0.255 e. The van der Waals surface area contributed by atoms with E-state index in [0.717, 1.165) is 13.0 Å². The predicted molar refractivity (Wildman–Crippen MR) is 72.3 cm³/mol. The van der Waals surface area contributed by atoms with Gasteiger partial charge in [0, 0.05) is 30.5 Å². The number of nitrogens with zero attached hydrogens (tertiary/aromatic N) is 2. The van der Waals surface area contributed by atoms with E-state index in [1.165, 1.54) is 18.2 Å². The van der Waals surface area contributed by atoms with Gasteiger partial charge in [0.2, 0.25) is 0 Å². The number of halogens is 1. The lowest BCUT2D eigenvalue weighted by molar-refractivity contribution is 0.0950. The van der Waals surface area contributed by atoms with E-state index in [4.69, 9.17) is 11.6 Å². The number of rotatable bonds is 5. The Bertz CT molecular complexity index is 555. The number of hydrogen-bond donors (Lipinski definition) is 2. The Morgan fingerprint density at radius 1 is 1.47 bits per heavy atom. The summed E-state index contributed by atoms with van der Waals surface area (Å²) in [7, 11) is 0. The largest absolute Gasteiger partial charge is 0.507 e. The van der Waals surface area contributed by atoms with Crippen LogP contribution in [0.4, 0.5) is 0 Å². The average molecular weight is 280 g/mol. The fraction of sp³-hybridized carbons (Fsp3) is 0.231. The minimum Gasteiger partial charge on any atom is -0.507 e. The quantitative estimate of drug-likeness (QED) is 0.823. The number of amides is 1. The molecule has 0 aliphatic carbocycles. The van der Waals surface area contributed by atoms with Crippen LogP contribution < -0.4 is 5.32 Å². The van der Waals surface area contributed by atoms with Crippen molar-refractivity contribution < 1.29 is 9.90 Å². The van der Waals surface area contributed by atoms with E-state index >= 15 is 0 Å². The highest BCUT2D eigenvalue weighted by Crippen LogP contribution is 2.21. The Kier molecular flexibility index (Phi) is 4.41. The third kappa shape index (κ3) is 3.72. The molecule has 2 aromatic rings. The van der Waals surface area contributed by atoms with E-state index < -0.39 is 0 Å². The van der Waals surface area contributed by atoms with Crippen LogP contribution in [0.25, 0.3) is 0 Å². The molecule has 5 nitrogen and oxygen atoms in total. The highest BCUT2D eigenvalue weighted by Gasteiger charge is 2.10. The van der Waals surface area contributed by atoms with Gasteiger partial charge in [-0.05, 0) is 30.7 Å². The first-order valence-corrected chi connectivity index (χ1v) is 6.29. The van der Waals surface area contributed by atoms with Crippen molar-refractivity contribution in [2.75, 3.05) is 6.54 Å². The van der Waals surface area contributed by atoms with Crippen molar-refractivity contribution in [2.45, 2.75) is 13.0 Å². The van der Waals surface area contributed by atoms with Crippen molar-refractivity contribution in [2.24, 2.45) is 0 Å². The van der Waals surface area contributed by atoms with E-state index in [1.807, 2.05) is 12.3 Å². The Labute approximate surface area is 115 Å². The van der Waals surface area contributed by atoms with Crippen molar-refractivity contribution in [3.05, 3.63) is 47.2 Å². The van der Waals surface area contributed by atoms with Crippen LogP contribution in [0.2, 0.25) is 5.02 Å². The summed E-state index contributed by atoms with van der Waals surface area (Å²) >= 11 is 5.79. The van der Waals surface area contributed by atoms with Crippen LogP contribution in [-0.4, -0.2) is 27.3 Å². The van der Waals surface area contributed by atoms with Gasteiger partial charge in [-0.15, -0.1) is 0 Å². The summed E-state index contributed by atoms with van der Waals surface area (Å²) in [6.07, 6.45) is 4.34. The molecule has 0 fully saturated rings. The second-order valence-electron chi connectivity index (χ2n) is 4.04. The highest BCUT2D eigenvalue weighted by molar-refractivity contribution is 6.31. The molecule has 100 valence electrons. The number of aromatic hydroxyl groups is 1. The summed E-state index contributed by atoms with van der Waals surface area (Å²) in [5, 5.41) is 16.8. The molecule has 2 rings (SSSR count). The van der Waals surface area contributed by atoms with Crippen molar-refractivity contribution in [1.82, 2.24) is 15.1 Å². The second kappa shape index (κ2) is 6.24. The Balaban J connectivity index is 1.82. The molecule has 0 aliphatic rings. The summed E-state index contributed by atoms with van der Waals surface area (Å²) in [5.41, 5.74) is 0.187. The van der Waals surface area contributed by atoms with E-state index in [1.54, 1.807) is 10.9 Å². The molecule has 0 radical (unpaired) electrons. The summed E-state index contributed by atoms with van der Waals surface area (Å²) in [4.78, 5) is 11.8. The molecule has 1 heterocycles. The summed E-state index contributed by atoms with van der Waals surface area (Å²) in [6, 6.07) is 6.23. The van der Waals surface area contributed by atoms with Gasteiger partial charge in [-0.2, -0.15) is 5.10 Å². The van der Waals surface area contributed by atoms with Crippen LogP contribution in [0.5, 0.6) is 5.75 Å². The molecule has 0 atom stereocenters. The van der Waals surface area contributed by atoms with Crippen LogP contribution >= 0.6 is 11.6 Å². The van der Waals surface area contributed by atoms with Gasteiger partial charge in [0.25, 0.3) is 5.91 Å². The molecule has 1 amide bonds. The molecular formula is C13H14ClN3O2. The minimum atomic E-state index is -0.333. The lowest BCUT2D eigenvalue weighted by Crippen LogP contribution is -2.25. The summed E-state index contributed by atoms with van der Waals surface area (Å²) in [6.45, 7) is 1.24. The number of phenols is 1. The van der Waals surface area contributed by atoms with Gasteiger partial charge in [0.15, 0.2) is 0 Å².